The first kappa shape index (κ1) is 20.9. The zero-order valence-electron chi connectivity index (χ0n) is 16.2. The summed E-state index contributed by atoms with van der Waals surface area (Å²) in [4.78, 5) is 39.0. The molecule has 27 heavy (non-hydrogen) atoms. The van der Waals surface area contributed by atoms with Crippen molar-refractivity contribution in [1.29, 1.82) is 0 Å². The number of nitrogens with one attached hydrogen (secondary N) is 1. The van der Waals surface area contributed by atoms with E-state index in [4.69, 9.17) is 10.5 Å². The number of nitrogens with zero attached hydrogens (tertiary/aromatic N) is 1. The third-order valence-electron chi connectivity index (χ3n) is 4.68. The van der Waals surface area contributed by atoms with Gasteiger partial charge in [0.25, 0.3) is 0 Å². The van der Waals surface area contributed by atoms with Crippen molar-refractivity contribution in [3.63, 3.8) is 0 Å². The molecule has 1 aromatic rings. The van der Waals surface area contributed by atoms with E-state index in [-0.39, 0.29) is 24.3 Å². The lowest BCUT2D eigenvalue weighted by Gasteiger charge is -2.30. The highest BCUT2D eigenvalue weighted by Gasteiger charge is 2.39. The minimum atomic E-state index is -0.717. The van der Waals surface area contributed by atoms with Crippen LogP contribution in [0.1, 0.15) is 39.2 Å². The van der Waals surface area contributed by atoms with Crippen LogP contribution in [-0.4, -0.2) is 47.4 Å². The van der Waals surface area contributed by atoms with Crippen LogP contribution in [-0.2, 0) is 25.7 Å². The number of rotatable bonds is 7. The number of carbonyl (C=O) groups is 3. The van der Waals surface area contributed by atoms with Gasteiger partial charge in [-0.25, -0.2) is 4.79 Å². The predicted molar refractivity (Wildman–Crippen MR) is 101 cm³/mol. The van der Waals surface area contributed by atoms with Crippen LogP contribution in [0, 0.1) is 5.92 Å². The normalized spacial score (nSPS) is 18.9. The van der Waals surface area contributed by atoms with Crippen molar-refractivity contribution >= 4 is 17.8 Å². The molecule has 1 aliphatic rings. The van der Waals surface area contributed by atoms with Crippen molar-refractivity contribution in [2.24, 2.45) is 11.7 Å². The van der Waals surface area contributed by atoms with Crippen LogP contribution in [0.2, 0.25) is 0 Å². The molecule has 1 heterocycles. The highest BCUT2D eigenvalue weighted by molar-refractivity contribution is 5.92. The van der Waals surface area contributed by atoms with E-state index in [2.05, 4.69) is 5.32 Å². The van der Waals surface area contributed by atoms with Crippen molar-refractivity contribution in [3.8, 4) is 0 Å². The van der Waals surface area contributed by atoms with Crippen molar-refractivity contribution < 1.29 is 19.1 Å². The van der Waals surface area contributed by atoms with E-state index >= 15 is 0 Å². The molecule has 0 bridgehead atoms. The molecule has 148 valence electrons. The van der Waals surface area contributed by atoms with Gasteiger partial charge in [-0.05, 0) is 31.2 Å². The summed E-state index contributed by atoms with van der Waals surface area (Å²) in [7, 11) is 0. The van der Waals surface area contributed by atoms with Crippen molar-refractivity contribution in [2.45, 2.75) is 58.3 Å². The number of carbonyl (C=O) groups excluding carboxylic acids is 3. The summed E-state index contributed by atoms with van der Waals surface area (Å²) in [6, 6.07) is 7.37. The van der Waals surface area contributed by atoms with Gasteiger partial charge >= 0.3 is 5.97 Å². The van der Waals surface area contributed by atoms with E-state index in [1.54, 1.807) is 6.92 Å². The maximum absolute atomic E-state index is 13.0. The van der Waals surface area contributed by atoms with E-state index in [1.807, 2.05) is 44.2 Å². The fourth-order valence-corrected chi connectivity index (χ4v) is 3.08. The Balaban J connectivity index is 2.02. The van der Waals surface area contributed by atoms with Crippen LogP contribution in [0.5, 0.6) is 0 Å². The van der Waals surface area contributed by atoms with E-state index in [0.717, 1.165) is 12.0 Å². The molecule has 1 aromatic carbocycles. The summed E-state index contributed by atoms with van der Waals surface area (Å²) >= 11 is 0. The van der Waals surface area contributed by atoms with Gasteiger partial charge in [0.15, 0.2) is 0 Å². The van der Waals surface area contributed by atoms with Gasteiger partial charge in [0, 0.05) is 6.54 Å². The van der Waals surface area contributed by atoms with Gasteiger partial charge in [0.2, 0.25) is 11.8 Å². The van der Waals surface area contributed by atoms with Gasteiger partial charge in [0.1, 0.15) is 18.7 Å². The molecule has 0 saturated carbocycles. The van der Waals surface area contributed by atoms with Gasteiger partial charge in [0.05, 0.1) is 6.04 Å². The second-order valence-electron chi connectivity index (χ2n) is 7.30. The lowest BCUT2D eigenvalue weighted by molar-refractivity contribution is -0.155. The summed E-state index contributed by atoms with van der Waals surface area (Å²) in [6.45, 7) is 5.91. The fraction of sp³-hybridized carbons (Fsp3) is 0.550. The number of likely N-dealkylation sites (tertiary alicyclic amines) is 1. The Labute approximate surface area is 160 Å². The highest BCUT2D eigenvalue weighted by atomic mass is 16.5. The third kappa shape index (κ3) is 5.53. The number of benzene rings is 1. The van der Waals surface area contributed by atoms with Crippen molar-refractivity contribution in [3.05, 3.63) is 35.9 Å². The lowest BCUT2D eigenvalue weighted by atomic mass is 10.0. The Bertz CT molecular complexity index is 660. The average Bonchev–Trinajstić information content (AvgIpc) is 3.13. The molecule has 1 saturated heterocycles. The first-order valence-corrected chi connectivity index (χ1v) is 9.38. The minimum absolute atomic E-state index is 0.123. The van der Waals surface area contributed by atoms with Gasteiger partial charge in [-0.2, -0.15) is 0 Å². The highest BCUT2D eigenvalue weighted by Crippen LogP contribution is 2.22. The second kappa shape index (κ2) is 9.50. The maximum atomic E-state index is 13.0. The molecule has 3 N–H and O–H groups in total. The van der Waals surface area contributed by atoms with Crippen LogP contribution >= 0.6 is 0 Å². The van der Waals surface area contributed by atoms with Crippen LogP contribution in [0.25, 0.3) is 0 Å². The maximum Gasteiger partial charge on any atom is 0.329 e. The van der Waals surface area contributed by atoms with Crippen LogP contribution in [0.4, 0.5) is 0 Å². The Morgan fingerprint density at radius 3 is 2.48 bits per heavy atom. The molecule has 7 nitrogen and oxygen atoms in total. The monoisotopic (exact) mass is 375 g/mol. The summed E-state index contributed by atoms with van der Waals surface area (Å²) in [6.07, 6.45) is 1.29. The smallest absolute Gasteiger partial charge is 0.329 e. The first-order valence-electron chi connectivity index (χ1n) is 9.38. The van der Waals surface area contributed by atoms with Gasteiger partial charge in [-0.15, -0.1) is 0 Å². The largest absolute Gasteiger partial charge is 0.459 e. The predicted octanol–water partition coefficient (Wildman–Crippen LogP) is 1.21. The molecule has 0 aliphatic carbocycles. The zero-order valence-corrected chi connectivity index (χ0v) is 16.2. The molecule has 0 radical (unpaired) electrons. The van der Waals surface area contributed by atoms with Crippen molar-refractivity contribution in [1.82, 2.24) is 10.2 Å². The molecule has 2 rings (SSSR count). The molecule has 0 unspecified atom stereocenters. The van der Waals surface area contributed by atoms with E-state index in [1.165, 1.54) is 4.90 Å². The Morgan fingerprint density at radius 2 is 1.89 bits per heavy atom. The van der Waals surface area contributed by atoms with Gasteiger partial charge < -0.3 is 20.7 Å². The Morgan fingerprint density at radius 1 is 1.22 bits per heavy atom. The second-order valence-corrected chi connectivity index (χ2v) is 7.30. The molecule has 1 aliphatic heterocycles. The van der Waals surface area contributed by atoms with Crippen molar-refractivity contribution in [2.75, 3.05) is 6.54 Å². The fourth-order valence-electron chi connectivity index (χ4n) is 3.08. The average molecular weight is 375 g/mol. The first-order chi connectivity index (χ1) is 12.8. The summed E-state index contributed by atoms with van der Waals surface area (Å²) in [5.74, 6) is -1.19. The van der Waals surface area contributed by atoms with E-state index in [0.29, 0.717) is 13.0 Å². The van der Waals surface area contributed by atoms with Gasteiger partial charge in [-0.3, -0.25) is 9.59 Å². The van der Waals surface area contributed by atoms with E-state index < -0.39 is 24.1 Å². The summed E-state index contributed by atoms with van der Waals surface area (Å²) in [5.41, 5.74) is 6.49. The van der Waals surface area contributed by atoms with Crippen LogP contribution in [0.3, 0.4) is 0 Å². The standard InChI is InChI=1S/C20H29N3O4/c1-13(2)17(22-18(24)14(3)21)19(25)23-11-7-10-16(23)20(26)27-12-15-8-5-4-6-9-15/h4-6,8-9,13-14,16-17H,7,10-12,21H2,1-3H3,(H,22,24)/t14-,16-,17+/m0/s1. The lowest BCUT2D eigenvalue weighted by Crippen LogP contribution is -2.56. The molecular weight excluding hydrogens is 346 g/mol. The SMILES string of the molecule is CC(C)[C@@H](NC(=O)[C@H](C)N)C(=O)N1CCC[C@H]1C(=O)OCc1ccccc1. The molecule has 3 atom stereocenters. The Hall–Kier alpha value is -2.41. The molecule has 0 spiro atoms. The zero-order chi connectivity index (χ0) is 20.0. The third-order valence-corrected chi connectivity index (χ3v) is 4.68. The number of esters is 1. The van der Waals surface area contributed by atoms with E-state index in [9.17, 15) is 14.4 Å². The minimum Gasteiger partial charge on any atom is -0.459 e. The molecule has 2 amide bonds. The quantitative estimate of drug-likeness (QED) is 0.698. The number of ether oxygens (including phenoxy) is 1. The van der Waals surface area contributed by atoms with Crippen LogP contribution < -0.4 is 11.1 Å². The number of hydrogen-bond acceptors (Lipinski definition) is 5. The molecular formula is C20H29N3O4. The number of amides is 2. The molecule has 0 aromatic heterocycles. The molecule has 7 heteroatoms. The summed E-state index contributed by atoms with van der Waals surface area (Å²) < 4.78 is 5.41. The summed E-state index contributed by atoms with van der Waals surface area (Å²) in [5, 5.41) is 2.70. The Kier molecular flexibility index (Phi) is 7.36. The molecule has 1 fully saturated rings. The number of hydrogen-bond donors (Lipinski definition) is 2. The van der Waals surface area contributed by atoms with Crippen LogP contribution in [0.15, 0.2) is 30.3 Å². The number of nitrogens with two attached hydrogens (primary N) is 1. The van der Waals surface area contributed by atoms with Gasteiger partial charge in [-0.1, -0.05) is 44.2 Å². The topological polar surface area (TPSA) is 102 Å².